The highest BCUT2D eigenvalue weighted by atomic mass is 32.1. The van der Waals surface area contributed by atoms with Crippen molar-refractivity contribution in [3.63, 3.8) is 0 Å². The molecule has 1 aliphatic heterocycles. The molecule has 3 rings (SSSR count). The Labute approximate surface area is 137 Å². The molecule has 3 heterocycles. The minimum Gasteiger partial charge on any atom is -0.447 e. The third kappa shape index (κ3) is 3.61. The first-order valence-corrected chi connectivity index (χ1v) is 8.41. The normalized spacial score (nSPS) is 16.0. The van der Waals surface area contributed by atoms with Crippen LogP contribution in [0.25, 0.3) is 4.96 Å². The Morgan fingerprint density at radius 1 is 1.43 bits per heavy atom. The number of aromatic nitrogens is 3. The number of amides is 1. The molecule has 8 nitrogen and oxygen atoms in total. The van der Waals surface area contributed by atoms with E-state index in [4.69, 9.17) is 4.74 Å². The van der Waals surface area contributed by atoms with E-state index < -0.39 is 0 Å². The van der Waals surface area contributed by atoms with Gasteiger partial charge in [-0.25, -0.2) is 9.78 Å². The molecule has 0 bridgehead atoms. The third-order valence-electron chi connectivity index (χ3n) is 3.59. The maximum atomic E-state index is 11.9. The Morgan fingerprint density at radius 3 is 2.83 bits per heavy atom. The van der Waals surface area contributed by atoms with Crippen molar-refractivity contribution >= 4 is 27.5 Å². The molecule has 9 heteroatoms. The topological polar surface area (TPSA) is 88.8 Å². The molecule has 1 fully saturated rings. The van der Waals surface area contributed by atoms with Crippen molar-refractivity contribution in [3.8, 4) is 0 Å². The highest BCUT2D eigenvalue weighted by Crippen LogP contribution is 2.21. The van der Waals surface area contributed by atoms with Crippen molar-refractivity contribution < 1.29 is 9.53 Å². The molecule has 0 atom stereocenters. The Bertz CT molecular complexity index is 748. The number of hydrogen-bond acceptors (Lipinski definition) is 7. The van der Waals surface area contributed by atoms with Gasteiger partial charge in [0.15, 0.2) is 0 Å². The molecule has 2 aromatic heterocycles. The third-order valence-corrected chi connectivity index (χ3v) is 4.44. The van der Waals surface area contributed by atoms with Gasteiger partial charge in [0.05, 0.1) is 6.10 Å². The van der Waals surface area contributed by atoms with E-state index in [1.807, 2.05) is 13.8 Å². The molecule has 2 aromatic rings. The predicted molar refractivity (Wildman–Crippen MR) is 87.0 cm³/mol. The molecule has 0 spiro atoms. The lowest BCUT2D eigenvalue weighted by Gasteiger charge is -2.32. The number of anilines is 1. The molecule has 23 heavy (non-hydrogen) atoms. The minimum atomic E-state index is -0.255. The van der Waals surface area contributed by atoms with E-state index in [-0.39, 0.29) is 23.8 Å². The summed E-state index contributed by atoms with van der Waals surface area (Å²) in [7, 11) is 0. The van der Waals surface area contributed by atoms with Crippen LogP contribution in [0.5, 0.6) is 0 Å². The lowest BCUT2D eigenvalue weighted by molar-refractivity contribution is 0.0701. The van der Waals surface area contributed by atoms with Gasteiger partial charge >= 0.3 is 6.09 Å². The van der Waals surface area contributed by atoms with Crippen LogP contribution in [0.3, 0.4) is 0 Å². The van der Waals surface area contributed by atoms with E-state index in [1.54, 1.807) is 4.90 Å². The number of piperidine rings is 1. The van der Waals surface area contributed by atoms with Crippen LogP contribution >= 0.6 is 11.3 Å². The molecule has 0 aliphatic carbocycles. The van der Waals surface area contributed by atoms with Crippen molar-refractivity contribution in [2.75, 3.05) is 18.4 Å². The fourth-order valence-electron chi connectivity index (χ4n) is 2.46. The fourth-order valence-corrected chi connectivity index (χ4v) is 3.31. The SMILES string of the molecule is CC(C)OC(=O)N1CCC(Nc2nn3c(=O)ccnc3s2)CC1. The van der Waals surface area contributed by atoms with Crippen molar-refractivity contribution in [2.24, 2.45) is 0 Å². The summed E-state index contributed by atoms with van der Waals surface area (Å²) in [5, 5.41) is 8.24. The second-order valence-corrected chi connectivity index (χ2v) is 6.68. The van der Waals surface area contributed by atoms with Crippen LogP contribution in [0.1, 0.15) is 26.7 Å². The average Bonchev–Trinajstić information content (AvgIpc) is 2.91. The molecule has 0 saturated carbocycles. The van der Waals surface area contributed by atoms with Gasteiger partial charge in [0, 0.05) is 31.4 Å². The van der Waals surface area contributed by atoms with E-state index in [1.165, 1.54) is 28.1 Å². The largest absolute Gasteiger partial charge is 0.447 e. The Hall–Kier alpha value is -2.16. The minimum absolute atomic E-state index is 0.105. The van der Waals surface area contributed by atoms with E-state index in [0.717, 1.165) is 12.8 Å². The number of hydrogen-bond donors (Lipinski definition) is 1. The summed E-state index contributed by atoms with van der Waals surface area (Å²) in [5.41, 5.74) is -0.189. The molecule has 0 unspecified atom stereocenters. The van der Waals surface area contributed by atoms with Crippen molar-refractivity contribution in [1.82, 2.24) is 19.5 Å². The number of ether oxygens (including phenoxy) is 1. The number of carbonyl (C=O) groups excluding carboxylic acids is 1. The Morgan fingerprint density at radius 2 is 2.17 bits per heavy atom. The molecule has 0 radical (unpaired) electrons. The lowest BCUT2D eigenvalue weighted by Crippen LogP contribution is -2.43. The fraction of sp³-hybridized carbons (Fsp3) is 0.571. The maximum Gasteiger partial charge on any atom is 0.410 e. The standard InChI is InChI=1S/C14H19N5O3S/c1-9(2)22-14(21)18-7-4-10(5-8-18)16-12-17-19-11(20)3-6-15-13(19)23-12/h3,6,9-10H,4-5,7-8H2,1-2H3,(H,16,17). The number of nitrogens with zero attached hydrogens (tertiary/aromatic N) is 4. The summed E-state index contributed by atoms with van der Waals surface area (Å²) in [6.07, 6.45) is 2.75. The van der Waals surface area contributed by atoms with Gasteiger partial charge in [-0.1, -0.05) is 11.3 Å². The smallest absolute Gasteiger partial charge is 0.410 e. The number of carbonyl (C=O) groups is 1. The van der Waals surface area contributed by atoms with Crippen LogP contribution in [0.2, 0.25) is 0 Å². The second kappa shape index (κ2) is 6.53. The molecule has 1 saturated heterocycles. The van der Waals surface area contributed by atoms with E-state index >= 15 is 0 Å². The van der Waals surface area contributed by atoms with Crippen LogP contribution in [-0.4, -0.2) is 50.8 Å². The first-order valence-electron chi connectivity index (χ1n) is 7.60. The Kier molecular flexibility index (Phi) is 4.46. The highest BCUT2D eigenvalue weighted by Gasteiger charge is 2.24. The van der Waals surface area contributed by atoms with Crippen molar-refractivity contribution in [2.45, 2.75) is 38.8 Å². The van der Waals surface area contributed by atoms with Crippen molar-refractivity contribution in [3.05, 3.63) is 22.6 Å². The number of fused-ring (bicyclic) bond motifs is 1. The van der Waals surface area contributed by atoms with Gasteiger partial charge in [0.1, 0.15) is 0 Å². The van der Waals surface area contributed by atoms with Gasteiger partial charge in [-0.3, -0.25) is 4.79 Å². The zero-order valence-corrected chi connectivity index (χ0v) is 13.9. The van der Waals surface area contributed by atoms with Crippen LogP contribution in [0, 0.1) is 0 Å². The van der Waals surface area contributed by atoms with Gasteiger partial charge in [0.25, 0.3) is 5.56 Å². The molecular weight excluding hydrogens is 318 g/mol. The Balaban J connectivity index is 1.59. The van der Waals surface area contributed by atoms with Crippen LogP contribution in [-0.2, 0) is 4.74 Å². The second-order valence-electron chi connectivity index (χ2n) is 5.72. The van der Waals surface area contributed by atoms with Crippen LogP contribution in [0.4, 0.5) is 9.93 Å². The quantitative estimate of drug-likeness (QED) is 0.914. The van der Waals surface area contributed by atoms with Gasteiger partial charge < -0.3 is 15.0 Å². The van der Waals surface area contributed by atoms with Crippen molar-refractivity contribution in [1.29, 1.82) is 0 Å². The monoisotopic (exact) mass is 337 g/mol. The zero-order valence-electron chi connectivity index (χ0n) is 13.1. The predicted octanol–water partition coefficient (Wildman–Crippen LogP) is 1.57. The van der Waals surface area contributed by atoms with Gasteiger partial charge in [0.2, 0.25) is 10.1 Å². The summed E-state index contributed by atoms with van der Waals surface area (Å²) >= 11 is 1.35. The number of likely N-dealkylation sites (tertiary alicyclic amines) is 1. The lowest BCUT2D eigenvalue weighted by atomic mass is 10.1. The van der Waals surface area contributed by atoms with Gasteiger partial charge in [-0.2, -0.15) is 4.52 Å². The summed E-state index contributed by atoms with van der Waals surface area (Å²) in [4.78, 5) is 29.9. The molecule has 124 valence electrons. The molecule has 1 aliphatic rings. The van der Waals surface area contributed by atoms with Gasteiger partial charge in [-0.05, 0) is 26.7 Å². The maximum absolute atomic E-state index is 11.9. The molecule has 1 amide bonds. The molecular formula is C14H19N5O3S. The van der Waals surface area contributed by atoms with Crippen LogP contribution in [0.15, 0.2) is 17.1 Å². The average molecular weight is 337 g/mol. The van der Waals surface area contributed by atoms with E-state index in [2.05, 4.69) is 15.4 Å². The summed E-state index contributed by atoms with van der Waals surface area (Å²) < 4.78 is 6.50. The summed E-state index contributed by atoms with van der Waals surface area (Å²) in [6.45, 7) is 4.98. The number of rotatable bonds is 3. The van der Waals surface area contributed by atoms with Crippen LogP contribution < -0.4 is 10.9 Å². The van der Waals surface area contributed by atoms with E-state index in [9.17, 15) is 9.59 Å². The van der Waals surface area contributed by atoms with Gasteiger partial charge in [-0.15, -0.1) is 5.10 Å². The first kappa shape index (κ1) is 15.7. The number of nitrogens with one attached hydrogen (secondary N) is 1. The zero-order chi connectivity index (χ0) is 16.4. The summed E-state index contributed by atoms with van der Waals surface area (Å²) in [6, 6.07) is 1.60. The summed E-state index contributed by atoms with van der Waals surface area (Å²) in [5.74, 6) is 0. The first-order chi connectivity index (χ1) is 11.0. The molecule has 1 N–H and O–H groups in total. The molecule has 0 aromatic carbocycles. The highest BCUT2D eigenvalue weighted by molar-refractivity contribution is 7.20. The van der Waals surface area contributed by atoms with E-state index in [0.29, 0.717) is 23.2 Å².